The highest BCUT2D eigenvalue weighted by atomic mass is 19.1. The second-order valence-electron chi connectivity index (χ2n) is 7.62. The molecule has 0 unspecified atom stereocenters. The van der Waals surface area contributed by atoms with Crippen molar-refractivity contribution >= 4 is 16.7 Å². The van der Waals surface area contributed by atoms with Gasteiger partial charge in [0.2, 0.25) is 0 Å². The van der Waals surface area contributed by atoms with Crippen LogP contribution in [0.25, 0.3) is 22.4 Å². The van der Waals surface area contributed by atoms with Crippen molar-refractivity contribution in [1.29, 1.82) is 0 Å². The summed E-state index contributed by atoms with van der Waals surface area (Å²) in [4.78, 5) is 15.5. The Morgan fingerprint density at radius 1 is 1.03 bits per heavy atom. The fraction of sp³-hybridized carbons (Fsp3) is 0.304. The first-order chi connectivity index (χ1) is 15.7. The van der Waals surface area contributed by atoms with Gasteiger partial charge in [-0.1, -0.05) is 17.3 Å². The van der Waals surface area contributed by atoms with Crippen molar-refractivity contribution in [3.8, 4) is 23.0 Å². The first-order valence-electron chi connectivity index (χ1n) is 10.4. The Hall–Kier alpha value is -3.75. The summed E-state index contributed by atoms with van der Waals surface area (Å²) in [7, 11) is 3.07. The van der Waals surface area contributed by atoms with Crippen LogP contribution in [0.15, 0.2) is 47.2 Å². The standard InChI is InChI=1S/C23H22FN5O3/c1-30-19-6-4-3-5-15(19)23-27-21(28-32-23)14-7-9-29(10-8-14)22-16-11-20(31-2)17(24)12-18(16)25-13-26-22/h3-6,11-14H,7-10H2,1-2H3. The summed E-state index contributed by atoms with van der Waals surface area (Å²) >= 11 is 0. The number of anilines is 1. The van der Waals surface area contributed by atoms with Gasteiger partial charge in [0, 0.05) is 30.5 Å². The number of para-hydroxylation sites is 1. The Labute approximate surface area is 184 Å². The van der Waals surface area contributed by atoms with Gasteiger partial charge in [-0.15, -0.1) is 0 Å². The Kier molecular flexibility index (Phi) is 5.30. The fourth-order valence-corrected chi connectivity index (χ4v) is 4.13. The molecule has 2 aromatic carbocycles. The van der Waals surface area contributed by atoms with Gasteiger partial charge < -0.3 is 18.9 Å². The molecular formula is C23H22FN5O3. The number of aromatic nitrogens is 4. The molecule has 0 atom stereocenters. The predicted octanol–water partition coefficient (Wildman–Crippen LogP) is 4.22. The molecule has 1 aliphatic heterocycles. The molecule has 32 heavy (non-hydrogen) atoms. The average molecular weight is 435 g/mol. The van der Waals surface area contributed by atoms with Gasteiger partial charge in [0.15, 0.2) is 17.4 Å². The van der Waals surface area contributed by atoms with Crippen LogP contribution < -0.4 is 14.4 Å². The molecule has 2 aromatic heterocycles. The number of benzene rings is 2. The second-order valence-corrected chi connectivity index (χ2v) is 7.62. The van der Waals surface area contributed by atoms with E-state index >= 15 is 0 Å². The van der Waals surface area contributed by atoms with Crippen molar-refractivity contribution in [3.63, 3.8) is 0 Å². The van der Waals surface area contributed by atoms with Gasteiger partial charge in [-0.2, -0.15) is 4.98 Å². The van der Waals surface area contributed by atoms with E-state index in [2.05, 4.69) is 25.0 Å². The van der Waals surface area contributed by atoms with Crippen molar-refractivity contribution in [2.75, 3.05) is 32.2 Å². The maximum Gasteiger partial charge on any atom is 0.261 e. The van der Waals surface area contributed by atoms with Crippen molar-refractivity contribution in [1.82, 2.24) is 20.1 Å². The van der Waals surface area contributed by atoms with E-state index in [0.717, 1.165) is 42.7 Å². The van der Waals surface area contributed by atoms with Crippen molar-refractivity contribution in [3.05, 3.63) is 54.4 Å². The lowest BCUT2D eigenvalue weighted by Gasteiger charge is -2.32. The molecule has 1 saturated heterocycles. The van der Waals surface area contributed by atoms with Gasteiger partial charge in [-0.05, 0) is 31.0 Å². The van der Waals surface area contributed by atoms with E-state index in [0.29, 0.717) is 23.0 Å². The first-order valence-corrected chi connectivity index (χ1v) is 10.4. The van der Waals surface area contributed by atoms with Crippen LogP contribution in [0.3, 0.4) is 0 Å². The van der Waals surface area contributed by atoms with E-state index in [-0.39, 0.29) is 11.7 Å². The molecule has 5 rings (SSSR count). The maximum absolute atomic E-state index is 14.1. The van der Waals surface area contributed by atoms with Gasteiger partial charge in [0.1, 0.15) is 17.9 Å². The first kappa shape index (κ1) is 20.2. The van der Waals surface area contributed by atoms with E-state index in [4.69, 9.17) is 14.0 Å². The molecular weight excluding hydrogens is 413 g/mol. The molecule has 0 spiro atoms. The SMILES string of the molecule is COc1cc2c(N3CCC(c4noc(-c5ccccc5OC)n4)CC3)ncnc2cc1F. The van der Waals surface area contributed by atoms with E-state index in [1.165, 1.54) is 19.5 Å². The normalized spacial score (nSPS) is 14.7. The fourth-order valence-electron chi connectivity index (χ4n) is 4.13. The third kappa shape index (κ3) is 3.59. The topological polar surface area (TPSA) is 86.4 Å². The molecule has 0 aliphatic carbocycles. The van der Waals surface area contributed by atoms with Gasteiger partial charge in [0.05, 0.1) is 25.3 Å². The molecule has 0 amide bonds. The summed E-state index contributed by atoms with van der Waals surface area (Å²) in [5.74, 6) is 2.54. The van der Waals surface area contributed by atoms with Crippen LogP contribution in [0.5, 0.6) is 11.5 Å². The molecule has 0 radical (unpaired) electrons. The minimum absolute atomic E-state index is 0.179. The Morgan fingerprint density at radius 3 is 2.59 bits per heavy atom. The number of ether oxygens (including phenoxy) is 2. The summed E-state index contributed by atoms with van der Waals surface area (Å²) in [6, 6.07) is 10.6. The third-order valence-corrected chi connectivity index (χ3v) is 5.83. The van der Waals surface area contributed by atoms with E-state index in [1.54, 1.807) is 13.2 Å². The lowest BCUT2D eigenvalue weighted by atomic mass is 9.96. The number of hydrogen-bond acceptors (Lipinski definition) is 8. The maximum atomic E-state index is 14.1. The Morgan fingerprint density at radius 2 is 1.81 bits per heavy atom. The van der Waals surface area contributed by atoms with Crippen molar-refractivity contribution in [2.24, 2.45) is 0 Å². The van der Waals surface area contributed by atoms with E-state index in [9.17, 15) is 4.39 Å². The number of nitrogens with zero attached hydrogens (tertiary/aromatic N) is 5. The molecule has 4 aromatic rings. The van der Waals surface area contributed by atoms with Crippen LogP contribution in [-0.4, -0.2) is 47.4 Å². The zero-order valence-corrected chi connectivity index (χ0v) is 17.8. The molecule has 0 N–H and O–H groups in total. The highest BCUT2D eigenvalue weighted by molar-refractivity contribution is 5.90. The smallest absolute Gasteiger partial charge is 0.261 e. The summed E-state index contributed by atoms with van der Waals surface area (Å²) < 4.78 is 30.1. The van der Waals surface area contributed by atoms with Gasteiger partial charge >= 0.3 is 0 Å². The number of methoxy groups -OCH3 is 2. The number of hydrogen-bond donors (Lipinski definition) is 0. The van der Waals surface area contributed by atoms with Crippen LogP contribution in [0.1, 0.15) is 24.6 Å². The molecule has 9 heteroatoms. The molecule has 1 aliphatic rings. The Balaban J connectivity index is 1.35. The minimum Gasteiger partial charge on any atom is -0.496 e. The number of rotatable bonds is 5. The monoisotopic (exact) mass is 435 g/mol. The zero-order chi connectivity index (χ0) is 22.1. The Bertz CT molecular complexity index is 1250. The summed E-state index contributed by atoms with van der Waals surface area (Å²) in [6.07, 6.45) is 3.15. The van der Waals surface area contributed by atoms with Crippen LogP contribution in [0.2, 0.25) is 0 Å². The highest BCUT2D eigenvalue weighted by Gasteiger charge is 2.27. The van der Waals surface area contributed by atoms with Crippen LogP contribution in [0, 0.1) is 5.82 Å². The zero-order valence-electron chi connectivity index (χ0n) is 17.8. The molecule has 0 bridgehead atoms. The van der Waals surface area contributed by atoms with Gasteiger partial charge in [-0.25, -0.2) is 14.4 Å². The number of piperidine rings is 1. The molecule has 1 fully saturated rings. The van der Waals surface area contributed by atoms with Gasteiger partial charge in [-0.3, -0.25) is 0 Å². The van der Waals surface area contributed by atoms with Crippen LogP contribution in [-0.2, 0) is 0 Å². The van der Waals surface area contributed by atoms with Crippen molar-refractivity contribution < 1.29 is 18.4 Å². The molecule has 3 heterocycles. The van der Waals surface area contributed by atoms with E-state index in [1.807, 2.05) is 24.3 Å². The van der Waals surface area contributed by atoms with Gasteiger partial charge in [0.25, 0.3) is 5.89 Å². The second kappa shape index (κ2) is 8.41. The summed E-state index contributed by atoms with van der Waals surface area (Å²) in [5, 5.41) is 4.99. The highest BCUT2D eigenvalue weighted by Crippen LogP contribution is 2.35. The third-order valence-electron chi connectivity index (χ3n) is 5.83. The summed E-state index contributed by atoms with van der Waals surface area (Å²) in [5.41, 5.74) is 1.33. The molecule has 8 nitrogen and oxygen atoms in total. The quantitative estimate of drug-likeness (QED) is 0.461. The summed E-state index contributed by atoms with van der Waals surface area (Å²) in [6.45, 7) is 1.52. The lowest BCUT2D eigenvalue weighted by Crippen LogP contribution is -2.34. The lowest BCUT2D eigenvalue weighted by molar-refractivity contribution is 0.387. The molecule has 164 valence electrons. The predicted molar refractivity (Wildman–Crippen MR) is 117 cm³/mol. The molecule has 0 saturated carbocycles. The largest absolute Gasteiger partial charge is 0.496 e. The van der Waals surface area contributed by atoms with Crippen molar-refractivity contribution in [2.45, 2.75) is 18.8 Å². The van der Waals surface area contributed by atoms with Crippen LogP contribution in [0.4, 0.5) is 10.2 Å². The number of fused-ring (bicyclic) bond motifs is 1. The van der Waals surface area contributed by atoms with Crippen LogP contribution >= 0.6 is 0 Å². The number of halogens is 1. The minimum atomic E-state index is -0.439. The van der Waals surface area contributed by atoms with E-state index < -0.39 is 5.82 Å². The average Bonchev–Trinajstić information content (AvgIpc) is 3.33.